The SMILES string of the molecule is CC(C)(C)OC(=O)N1CCC(c2cc(=O)[nH]c3c(C(N)=O)cnn23)CC1.CC(CN1CCOCC1)C(N)=O. The van der Waals surface area contributed by atoms with Crippen molar-refractivity contribution in [1.82, 2.24) is 24.4 Å². The zero-order valence-electron chi connectivity index (χ0n) is 22.6. The Balaban J connectivity index is 0.000000279. The number of fused-ring (bicyclic) bond motifs is 1. The first-order valence-corrected chi connectivity index (χ1v) is 12.8. The number of hydrogen-bond acceptors (Lipinski definition) is 8. The van der Waals surface area contributed by atoms with Crippen LogP contribution in [0.2, 0.25) is 0 Å². The summed E-state index contributed by atoms with van der Waals surface area (Å²) >= 11 is 0. The molecular weight excluding hydrogens is 494 g/mol. The fourth-order valence-corrected chi connectivity index (χ4v) is 4.43. The largest absolute Gasteiger partial charge is 0.444 e. The average molecular weight is 534 g/mol. The van der Waals surface area contributed by atoms with Crippen molar-refractivity contribution in [1.29, 1.82) is 0 Å². The van der Waals surface area contributed by atoms with Crippen molar-refractivity contribution < 1.29 is 23.9 Å². The van der Waals surface area contributed by atoms with E-state index < -0.39 is 11.5 Å². The standard InChI is InChI=1S/C17H23N5O4.C8H16N2O2/c1-17(2,3)26-16(25)21-6-4-10(5-7-21)12-8-13(23)20-15-11(14(18)24)9-19-22(12)15;1-7(8(9)11)6-10-2-4-12-5-3-10/h8-10H,4-7H2,1-3H3,(H2,18,24)(H,20,23);7H,2-6H2,1H3,(H2,9,11). The van der Waals surface area contributed by atoms with E-state index in [2.05, 4.69) is 15.0 Å². The molecule has 1 atom stereocenters. The number of H-pyrrole nitrogens is 1. The van der Waals surface area contributed by atoms with Gasteiger partial charge in [0, 0.05) is 50.6 Å². The molecule has 4 heterocycles. The van der Waals surface area contributed by atoms with Crippen LogP contribution in [0, 0.1) is 5.92 Å². The van der Waals surface area contributed by atoms with E-state index in [0.29, 0.717) is 37.3 Å². The lowest BCUT2D eigenvalue weighted by Crippen LogP contribution is -2.41. The number of morpholine rings is 1. The first kappa shape index (κ1) is 29.1. The predicted octanol–water partition coefficient (Wildman–Crippen LogP) is 0.676. The van der Waals surface area contributed by atoms with E-state index in [-0.39, 0.29) is 35.0 Å². The molecule has 0 aromatic carbocycles. The third kappa shape index (κ3) is 7.78. The number of rotatable bonds is 5. The van der Waals surface area contributed by atoms with Crippen LogP contribution in [0.15, 0.2) is 17.1 Å². The van der Waals surface area contributed by atoms with Crippen molar-refractivity contribution in [2.24, 2.45) is 17.4 Å². The van der Waals surface area contributed by atoms with Gasteiger partial charge in [0.05, 0.1) is 25.1 Å². The van der Waals surface area contributed by atoms with E-state index in [1.54, 1.807) is 9.42 Å². The van der Waals surface area contributed by atoms with Crippen molar-refractivity contribution in [3.05, 3.63) is 33.9 Å². The molecule has 3 amide bonds. The van der Waals surface area contributed by atoms with Crippen molar-refractivity contribution in [2.45, 2.75) is 52.1 Å². The Hall–Kier alpha value is -3.45. The minimum Gasteiger partial charge on any atom is -0.444 e. The molecule has 2 fully saturated rings. The molecule has 13 heteroatoms. The van der Waals surface area contributed by atoms with Gasteiger partial charge in [-0.25, -0.2) is 9.31 Å². The van der Waals surface area contributed by atoms with E-state index in [9.17, 15) is 19.2 Å². The van der Waals surface area contributed by atoms with Crippen LogP contribution in [-0.4, -0.2) is 93.8 Å². The van der Waals surface area contributed by atoms with Crippen molar-refractivity contribution in [3.63, 3.8) is 0 Å². The molecule has 2 aliphatic heterocycles. The van der Waals surface area contributed by atoms with Gasteiger partial charge in [-0.05, 0) is 33.6 Å². The molecule has 4 rings (SSSR count). The number of primary amides is 2. The van der Waals surface area contributed by atoms with Crippen LogP contribution in [0.5, 0.6) is 0 Å². The van der Waals surface area contributed by atoms with Gasteiger partial charge in [-0.15, -0.1) is 0 Å². The maximum absolute atomic E-state index is 12.2. The van der Waals surface area contributed by atoms with Gasteiger partial charge in [-0.1, -0.05) is 6.92 Å². The minimum absolute atomic E-state index is 0.0408. The van der Waals surface area contributed by atoms with Crippen LogP contribution in [0.3, 0.4) is 0 Å². The number of ether oxygens (including phenoxy) is 2. The molecule has 5 N–H and O–H groups in total. The number of nitrogens with zero attached hydrogens (tertiary/aromatic N) is 4. The molecule has 1 unspecified atom stereocenters. The lowest BCUT2D eigenvalue weighted by molar-refractivity contribution is -0.122. The number of carbonyl (C=O) groups excluding carboxylic acids is 3. The van der Waals surface area contributed by atoms with Crippen LogP contribution in [0.25, 0.3) is 5.65 Å². The number of amides is 3. The Morgan fingerprint density at radius 1 is 1.16 bits per heavy atom. The van der Waals surface area contributed by atoms with E-state index in [4.69, 9.17) is 20.9 Å². The fraction of sp³-hybridized carbons (Fsp3) is 0.640. The maximum atomic E-state index is 12.2. The van der Waals surface area contributed by atoms with Gasteiger partial charge in [0.2, 0.25) is 5.91 Å². The zero-order valence-corrected chi connectivity index (χ0v) is 22.6. The second-order valence-corrected chi connectivity index (χ2v) is 10.7. The first-order valence-electron chi connectivity index (χ1n) is 12.8. The molecule has 0 aliphatic carbocycles. The van der Waals surface area contributed by atoms with E-state index in [0.717, 1.165) is 32.8 Å². The van der Waals surface area contributed by atoms with Crippen molar-refractivity contribution in [3.8, 4) is 0 Å². The highest BCUT2D eigenvalue weighted by molar-refractivity contribution is 5.98. The summed E-state index contributed by atoms with van der Waals surface area (Å²) in [5.74, 6) is -0.878. The third-order valence-corrected chi connectivity index (χ3v) is 6.49. The number of aromatic nitrogens is 3. The summed E-state index contributed by atoms with van der Waals surface area (Å²) in [5, 5.41) is 4.20. The Bertz CT molecular complexity index is 1190. The minimum atomic E-state index is -0.646. The molecule has 2 saturated heterocycles. The van der Waals surface area contributed by atoms with E-state index in [1.165, 1.54) is 12.3 Å². The van der Waals surface area contributed by atoms with Crippen LogP contribution < -0.4 is 17.0 Å². The summed E-state index contributed by atoms with van der Waals surface area (Å²) in [6, 6.07) is 1.48. The molecule has 0 saturated carbocycles. The second kappa shape index (κ2) is 12.4. The first-order chi connectivity index (χ1) is 17.9. The maximum Gasteiger partial charge on any atom is 0.410 e. The fourth-order valence-electron chi connectivity index (χ4n) is 4.43. The molecule has 2 aromatic rings. The normalized spacial score (nSPS) is 17.9. The lowest BCUT2D eigenvalue weighted by Gasteiger charge is -2.33. The van der Waals surface area contributed by atoms with E-state index in [1.807, 2.05) is 27.7 Å². The second-order valence-electron chi connectivity index (χ2n) is 10.7. The van der Waals surface area contributed by atoms with Crippen LogP contribution in [0.4, 0.5) is 4.79 Å². The van der Waals surface area contributed by atoms with Crippen LogP contribution in [-0.2, 0) is 14.3 Å². The summed E-state index contributed by atoms with van der Waals surface area (Å²) in [4.78, 5) is 52.9. The third-order valence-electron chi connectivity index (χ3n) is 6.49. The van der Waals surface area contributed by atoms with Gasteiger partial charge in [-0.2, -0.15) is 5.10 Å². The van der Waals surface area contributed by atoms with Gasteiger partial charge < -0.3 is 30.8 Å². The Morgan fingerprint density at radius 3 is 2.34 bits per heavy atom. The van der Waals surface area contributed by atoms with Crippen LogP contribution in [0.1, 0.15) is 62.5 Å². The summed E-state index contributed by atoms with van der Waals surface area (Å²) in [5.41, 5.74) is 10.8. The molecular formula is C25H39N7O6. The molecule has 0 bridgehead atoms. The number of likely N-dealkylation sites (tertiary alicyclic amines) is 1. The number of carbonyl (C=O) groups is 3. The molecule has 38 heavy (non-hydrogen) atoms. The van der Waals surface area contributed by atoms with Gasteiger partial charge in [0.1, 0.15) is 16.8 Å². The number of hydrogen-bond donors (Lipinski definition) is 3. The molecule has 2 aliphatic rings. The predicted molar refractivity (Wildman–Crippen MR) is 140 cm³/mol. The topological polar surface area (TPSA) is 178 Å². The summed E-state index contributed by atoms with van der Waals surface area (Å²) in [6.07, 6.45) is 2.36. The molecule has 0 spiro atoms. The number of aromatic amines is 1. The number of piperidine rings is 1. The highest BCUT2D eigenvalue weighted by Gasteiger charge is 2.29. The monoisotopic (exact) mass is 533 g/mol. The molecule has 13 nitrogen and oxygen atoms in total. The molecule has 210 valence electrons. The smallest absolute Gasteiger partial charge is 0.410 e. The quantitative estimate of drug-likeness (QED) is 0.502. The van der Waals surface area contributed by atoms with Crippen molar-refractivity contribution >= 4 is 23.6 Å². The van der Waals surface area contributed by atoms with Gasteiger partial charge in [0.15, 0.2) is 0 Å². The Morgan fingerprint density at radius 2 is 1.79 bits per heavy atom. The molecule has 2 aromatic heterocycles. The number of nitrogens with two attached hydrogens (primary N) is 2. The molecule has 0 radical (unpaired) electrons. The Labute approximate surface area is 221 Å². The Kier molecular flexibility index (Phi) is 9.50. The average Bonchev–Trinajstić information content (AvgIpc) is 3.27. The summed E-state index contributed by atoms with van der Waals surface area (Å²) < 4.78 is 12.1. The summed E-state index contributed by atoms with van der Waals surface area (Å²) in [7, 11) is 0. The van der Waals surface area contributed by atoms with Crippen molar-refractivity contribution in [2.75, 3.05) is 45.9 Å². The van der Waals surface area contributed by atoms with Gasteiger partial charge >= 0.3 is 6.09 Å². The number of nitrogens with one attached hydrogen (secondary N) is 1. The summed E-state index contributed by atoms with van der Waals surface area (Å²) in [6.45, 7) is 12.5. The highest BCUT2D eigenvalue weighted by atomic mass is 16.6. The van der Waals surface area contributed by atoms with Gasteiger partial charge in [0.25, 0.3) is 11.5 Å². The highest BCUT2D eigenvalue weighted by Crippen LogP contribution is 2.28. The van der Waals surface area contributed by atoms with Gasteiger partial charge in [-0.3, -0.25) is 19.3 Å². The lowest BCUT2D eigenvalue weighted by atomic mass is 9.93. The van der Waals surface area contributed by atoms with Crippen LogP contribution >= 0.6 is 0 Å². The van der Waals surface area contributed by atoms with E-state index >= 15 is 0 Å². The zero-order chi connectivity index (χ0) is 28.0.